The van der Waals surface area contributed by atoms with E-state index in [1.54, 1.807) is 23.1 Å². The monoisotopic (exact) mass is 336 g/mol. The van der Waals surface area contributed by atoms with Gasteiger partial charge in [0.15, 0.2) is 0 Å². The average Bonchev–Trinajstić information content (AvgIpc) is 2.55. The van der Waals surface area contributed by atoms with E-state index in [0.717, 1.165) is 0 Å². The molecule has 0 atom stereocenters. The molecule has 1 aliphatic rings. The molecular formula is C15H17ClN4O3. The molecule has 1 N–H and O–H groups in total. The molecule has 1 saturated heterocycles. The number of halogens is 1. The molecule has 0 bridgehead atoms. The molecule has 0 radical (unpaired) electrons. The van der Waals surface area contributed by atoms with E-state index in [1.807, 2.05) is 11.0 Å². The predicted octanol–water partition coefficient (Wildman–Crippen LogP) is 1.53. The number of ether oxygens (including phenoxy) is 1. The highest BCUT2D eigenvalue weighted by Gasteiger charge is 2.22. The number of anilines is 1. The Morgan fingerprint density at radius 1 is 1.35 bits per heavy atom. The lowest BCUT2D eigenvalue weighted by Crippen LogP contribution is -2.50. The molecule has 0 spiro atoms. The van der Waals surface area contributed by atoms with E-state index in [2.05, 4.69) is 10.1 Å². The highest BCUT2D eigenvalue weighted by atomic mass is 35.5. The van der Waals surface area contributed by atoms with Crippen LogP contribution in [0, 0.1) is 11.3 Å². The van der Waals surface area contributed by atoms with Gasteiger partial charge in [-0.3, -0.25) is 9.69 Å². The summed E-state index contributed by atoms with van der Waals surface area (Å²) in [5.41, 5.74) is 0.761. The predicted molar refractivity (Wildman–Crippen MR) is 85.2 cm³/mol. The van der Waals surface area contributed by atoms with Gasteiger partial charge in [-0.15, -0.1) is 0 Å². The Bertz CT molecular complexity index is 636. The minimum Gasteiger partial charge on any atom is -0.453 e. The molecule has 0 aliphatic carbocycles. The number of carbonyl (C=O) groups is 2. The maximum Gasteiger partial charge on any atom is 0.409 e. The molecule has 8 heteroatoms. The summed E-state index contributed by atoms with van der Waals surface area (Å²) < 4.78 is 4.67. The van der Waals surface area contributed by atoms with Gasteiger partial charge in [0, 0.05) is 31.2 Å². The van der Waals surface area contributed by atoms with Crippen LogP contribution in [0.2, 0.25) is 5.02 Å². The van der Waals surface area contributed by atoms with Crippen LogP contribution in [0.1, 0.15) is 5.56 Å². The van der Waals surface area contributed by atoms with Crippen molar-refractivity contribution >= 4 is 29.3 Å². The summed E-state index contributed by atoms with van der Waals surface area (Å²) in [6.07, 6.45) is -0.355. The fraction of sp³-hybridized carbons (Fsp3) is 0.400. The minimum absolute atomic E-state index is 0.187. The third kappa shape index (κ3) is 4.58. The Hall–Kier alpha value is -2.30. The van der Waals surface area contributed by atoms with Crippen LogP contribution in [0.3, 0.4) is 0 Å². The number of piperazine rings is 1. The molecule has 7 nitrogen and oxygen atoms in total. The fourth-order valence-corrected chi connectivity index (χ4v) is 2.50. The van der Waals surface area contributed by atoms with Gasteiger partial charge >= 0.3 is 6.09 Å². The van der Waals surface area contributed by atoms with Gasteiger partial charge in [0.05, 0.1) is 24.9 Å². The van der Waals surface area contributed by atoms with Crippen molar-refractivity contribution < 1.29 is 14.3 Å². The third-order valence-electron chi connectivity index (χ3n) is 3.55. The molecule has 1 aliphatic heterocycles. The van der Waals surface area contributed by atoms with Gasteiger partial charge in [0.25, 0.3) is 0 Å². The lowest BCUT2D eigenvalue weighted by atomic mass is 10.2. The normalized spacial score (nSPS) is 14.9. The maximum absolute atomic E-state index is 12.1. The Balaban J connectivity index is 1.88. The third-order valence-corrected chi connectivity index (χ3v) is 3.78. The van der Waals surface area contributed by atoms with Crippen molar-refractivity contribution in [2.24, 2.45) is 0 Å². The number of nitrogens with zero attached hydrogens (tertiary/aromatic N) is 3. The first-order chi connectivity index (χ1) is 11.0. The maximum atomic E-state index is 12.1. The first-order valence-corrected chi connectivity index (χ1v) is 7.46. The number of hydrogen-bond donors (Lipinski definition) is 1. The van der Waals surface area contributed by atoms with Crippen LogP contribution in [0.5, 0.6) is 0 Å². The Kier molecular flexibility index (Phi) is 5.79. The summed E-state index contributed by atoms with van der Waals surface area (Å²) in [4.78, 5) is 27.1. The van der Waals surface area contributed by atoms with Crippen LogP contribution in [0.15, 0.2) is 18.2 Å². The number of amides is 2. The number of nitriles is 1. The second-order valence-corrected chi connectivity index (χ2v) is 5.52. The summed E-state index contributed by atoms with van der Waals surface area (Å²) in [6.45, 7) is 2.39. The number of hydrogen-bond acceptors (Lipinski definition) is 5. The van der Waals surface area contributed by atoms with E-state index in [4.69, 9.17) is 16.9 Å². The topological polar surface area (TPSA) is 85.7 Å². The highest BCUT2D eigenvalue weighted by Crippen LogP contribution is 2.20. The SMILES string of the molecule is COC(=O)N1CCN(CC(=O)Nc2cc(Cl)ccc2C#N)CC1. The Labute approximate surface area is 139 Å². The van der Waals surface area contributed by atoms with E-state index >= 15 is 0 Å². The molecule has 1 aromatic rings. The van der Waals surface area contributed by atoms with Crippen molar-refractivity contribution in [2.75, 3.05) is 45.2 Å². The standard InChI is InChI=1S/C15H17ClN4O3/c1-23-15(22)20-6-4-19(5-7-20)10-14(21)18-13-8-12(16)3-2-11(13)9-17/h2-3,8H,4-7,10H2,1H3,(H,18,21). The molecule has 2 rings (SSSR count). The smallest absolute Gasteiger partial charge is 0.409 e. The number of methoxy groups -OCH3 is 1. The van der Waals surface area contributed by atoms with Crippen molar-refractivity contribution in [1.29, 1.82) is 5.26 Å². The van der Waals surface area contributed by atoms with Crippen LogP contribution in [0.25, 0.3) is 0 Å². The van der Waals surface area contributed by atoms with Crippen LogP contribution < -0.4 is 5.32 Å². The molecule has 23 heavy (non-hydrogen) atoms. The molecule has 0 saturated carbocycles. The lowest BCUT2D eigenvalue weighted by molar-refractivity contribution is -0.117. The number of nitrogens with one attached hydrogen (secondary N) is 1. The van der Waals surface area contributed by atoms with Crippen molar-refractivity contribution in [2.45, 2.75) is 0 Å². The fourth-order valence-electron chi connectivity index (χ4n) is 2.33. The molecule has 2 amide bonds. The van der Waals surface area contributed by atoms with Crippen molar-refractivity contribution in [3.63, 3.8) is 0 Å². The summed E-state index contributed by atoms with van der Waals surface area (Å²) in [7, 11) is 1.35. The quantitative estimate of drug-likeness (QED) is 0.904. The summed E-state index contributed by atoms with van der Waals surface area (Å²) >= 11 is 5.89. The van der Waals surface area contributed by atoms with Gasteiger partial charge in [-0.05, 0) is 18.2 Å². The van der Waals surface area contributed by atoms with Crippen LogP contribution in [-0.4, -0.2) is 61.6 Å². The lowest BCUT2D eigenvalue weighted by Gasteiger charge is -2.33. The van der Waals surface area contributed by atoms with Gasteiger partial charge in [-0.25, -0.2) is 4.79 Å². The molecule has 122 valence electrons. The van der Waals surface area contributed by atoms with Crippen LogP contribution >= 0.6 is 11.6 Å². The second kappa shape index (κ2) is 7.81. The zero-order valence-electron chi connectivity index (χ0n) is 12.7. The zero-order chi connectivity index (χ0) is 16.8. The summed E-state index contributed by atoms with van der Waals surface area (Å²) in [5.74, 6) is -0.227. The minimum atomic E-state index is -0.355. The van der Waals surface area contributed by atoms with E-state index in [0.29, 0.717) is 42.5 Å². The van der Waals surface area contributed by atoms with E-state index < -0.39 is 0 Å². The van der Waals surface area contributed by atoms with Gasteiger partial charge in [0.1, 0.15) is 6.07 Å². The highest BCUT2D eigenvalue weighted by molar-refractivity contribution is 6.31. The van der Waals surface area contributed by atoms with Gasteiger partial charge in [-0.1, -0.05) is 11.6 Å². The zero-order valence-corrected chi connectivity index (χ0v) is 13.5. The first kappa shape index (κ1) is 17.1. The molecule has 1 aromatic carbocycles. The molecule has 0 unspecified atom stereocenters. The second-order valence-electron chi connectivity index (χ2n) is 5.08. The van der Waals surface area contributed by atoms with Crippen LogP contribution in [-0.2, 0) is 9.53 Å². The average molecular weight is 337 g/mol. The van der Waals surface area contributed by atoms with E-state index in [9.17, 15) is 9.59 Å². The number of benzene rings is 1. The summed E-state index contributed by atoms with van der Waals surface area (Å²) in [6, 6.07) is 6.72. The number of rotatable bonds is 3. The molecular weight excluding hydrogens is 320 g/mol. The van der Waals surface area contributed by atoms with Gasteiger partial charge in [0.2, 0.25) is 5.91 Å². The molecule has 1 fully saturated rings. The summed E-state index contributed by atoms with van der Waals surface area (Å²) in [5, 5.41) is 12.2. The van der Waals surface area contributed by atoms with Crippen molar-refractivity contribution in [3.05, 3.63) is 28.8 Å². The Morgan fingerprint density at radius 2 is 2.04 bits per heavy atom. The molecule has 0 aromatic heterocycles. The van der Waals surface area contributed by atoms with Gasteiger partial charge < -0.3 is 15.0 Å². The first-order valence-electron chi connectivity index (χ1n) is 7.08. The van der Waals surface area contributed by atoms with Gasteiger partial charge in [-0.2, -0.15) is 5.26 Å². The molecule has 1 heterocycles. The van der Waals surface area contributed by atoms with E-state index in [1.165, 1.54) is 7.11 Å². The number of carbonyl (C=O) groups excluding carboxylic acids is 2. The van der Waals surface area contributed by atoms with Crippen molar-refractivity contribution in [1.82, 2.24) is 9.80 Å². The van der Waals surface area contributed by atoms with Crippen LogP contribution in [0.4, 0.5) is 10.5 Å². The largest absolute Gasteiger partial charge is 0.453 e. The van der Waals surface area contributed by atoms with Crippen molar-refractivity contribution in [3.8, 4) is 6.07 Å². The van der Waals surface area contributed by atoms with E-state index in [-0.39, 0.29) is 18.5 Å². The Morgan fingerprint density at radius 3 is 2.65 bits per heavy atom.